The van der Waals surface area contributed by atoms with Gasteiger partial charge in [0.2, 0.25) is 0 Å². The molecule has 6 heteroatoms. The van der Waals surface area contributed by atoms with Crippen molar-refractivity contribution in [3.05, 3.63) is 42.4 Å². The van der Waals surface area contributed by atoms with Gasteiger partial charge >= 0.3 is 0 Å². The van der Waals surface area contributed by atoms with Crippen LogP contribution >= 0.6 is 0 Å². The largest absolute Gasteiger partial charge is 0.377 e. The Kier molecular flexibility index (Phi) is 4.14. The standard InChI is InChI=1S/C18H23N5O/c1-14-8-17(22-13-21-14)23-6-2-18(3-7-23)10-16(24-12-18)9-15-11-19-4-5-20-15/h4-5,8,11,13,16H,2-3,6-7,9-10,12H2,1H3/t16-/m0/s1. The zero-order valence-corrected chi connectivity index (χ0v) is 14.1. The molecule has 0 bridgehead atoms. The van der Waals surface area contributed by atoms with Crippen LogP contribution in [0.2, 0.25) is 0 Å². The van der Waals surface area contributed by atoms with Crippen LogP contribution in [0.4, 0.5) is 5.82 Å². The molecule has 0 saturated carbocycles. The quantitative estimate of drug-likeness (QED) is 0.862. The molecule has 0 aliphatic carbocycles. The van der Waals surface area contributed by atoms with E-state index in [4.69, 9.17) is 4.74 Å². The highest BCUT2D eigenvalue weighted by molar-refractivity contribution is 5.39. The number of piperidine rings is 1. The first-order valence-electron chi connectivity index (χ1n) is 8.63. The van der Waals surface area contributed by atoms with Crippen LogP contribution in [0.25, 0.3) is 0 Å². The highest BCUT2D eigenvalue weighted by atomic mass is 16.5. The molecule has 2 fully saturated rings. The minimum Gasteiger partial charge on any atom is -0.377 e. The Morgan fingerprint density at radius 3 is 2.83 bits per heavy atom. The Bertz CT molecular complexity index is 685. The first-order valence-corrected chi connectivity index (χ1v) is 8.63. The lowest BCUT2D eigenvalue weighted by Crippen LogP contribution is -2.41. The SMILES string of the molecule is Cc1cc(N2CCC3(CC2)CO[C@@H](Cc2cnccn2)C3)ncn1. The number of hydrogen-bond donors (Lipinski definition) is 0. The normalized spacial score (nSPS) is 22.9. The van der Waals surface area contributed by atoms with Gasteiger partial charge in [0.25, 0.3) is 0 Å². The molecule has 126 valence electrons. The van der Waals surface area contributed by atoms with Gasteiger partial charge in [-0.1, -0.05) is 0 Å². The fraction of sp³-hybridized carbons (Fsp3) is 0.556. The van der Waals surface area contributed by atoms with Crippen LogP contribution in [0.1, 0.15) is 30.7 Å². The summed E-state index contributed by atoms with van der Waals surface area (Å²) in [5, 5.41) is 0. The van der Waals surface area contributed by atoms with Crippen LogP contribution < -0.4 is 4.90 Å². The second kappa shape index (κ2) is 6.43. The zero-order chi connectivity index (χ0) is 16.4. The monoisotopic (exact) mass is 325 g/mol. The number of rotatable bonds is 3. The number of nitrogens with zero attached hydrogens (tertiary/aromatic N) is 5. The molecule has 2 aliphatic rings. The summed E-state index contributed by atoms with van der Waals surface area (Å²) < 4.78 is 6.10. The van der Waals surface area contributed by atoms with Crippen molar-refractivity contribution in [3.8, 4) is 0 Å². The molecule has 6 nitrogen and oxygen atoms in total. The van der Waals surface area contributed by atoms with Gasteiger partial charge in [-0.15, -0.1) is 0 Å². The van der Waals surface area contributed by atoms with Crippen molar-refractivity contribution in [1.82, 2.24) is 19.9 Å². The molecule has 4 heterocycles. The van der Waals surface area contributed by atoms with Gasteiger partial charge in [0.05, 0.1) is 18.4 Å². The van der Waals surface area contributed by atoms with E-state index in [0.29, 0.717) is 5.41 Å². The van der Waals surface area contributed by atoms with Gasteiger partial charge in [-0.2, -0.15) is 0 Å². The summed E-state index contributed by atoms with van der Waals surface area (Å²) in [6.45, 7) is 4.96. The van der Waals surface area contributed by atoms with Crippen molar-refractivity contribution >= 4 is 5.82 Å². The summed E-state index contributed by atoms with van der Waals surface area (Å²) in [6.07, 6.45) is 11.5. The van der Waals surface area contributed by atoms with Crippen molar-refractivity contribution in [3.63, 3.8) is 0 Å². The third-order valence-corrected chi connectivity index (χ3v) is 5.28. The fourth-order valence-electron chi connectivity index (χ4n) is 3.87. The van der Waals surface area contributed by atoms with Crippen LogP contribution in [0.3, 0.4) is 0 Å². The second-order valence-corrected chi connectivity index (χ2v) is 7.04. The van der Waals surface area contributed by atoms with E-state index in [0.717, 1.165) is 62.6 Å². The van der Waals surface area contributed by atoms with Crippen molar-refractivity contribution in [1.29, 1.82) is 0 Å². The molecule has 4 rings (SSSR count). The van der Waals surface area contributed by atoms with Gasteiger partial charge in [-0.3, -0.25) is 9.97 Å². The van der Waals surface area contributed by atoms with E-state index >= 15 is 0 Å². The fourth-order valence-corrected chi connectivity index (χ4v) is 3.87. The minimum atomic E-state index is 0.273. The van der Waals surface area contributed by atoms with Gasteiger partial charge in [0.1, 0.15) is 12.1 Å². The highest BCUT2D eigenvalue weighted by Crippen LogP contribution is 2.43. The number of aromatic nitrogens is 4. The molecular weight excluding hydrogens is 302 g/mol. The molecular formula is C18H23N5O. The molecule has 2 saturated heterocycles. The lowest BCUT2D eigenvalue weighted by Gasteiger charge is -2.39. The molecule has 2 aliphatic heterocycles. The molecule has 2 aromatic rings. The van der Waals surface area contributed by atoms with Gasteiger partial charge < -0.3 is 9.64 Å². The molecule has 0 amide bonds. The number of anilines is 1. The molecule has 0 aromatic carbocycles. The smallest absolute Gasteiger partial charge is 0.132 e. The predicted octanol–water partition coefficient (Wildman–Crippen LogP) is 2.19. The summed E-state index contributed by atoms with van der Waals surface area (Å²) >= 11 is 0. The molecule has 1 atom stereocenters. The first-order chi connectivity index (χ1) is 11.7. The first kappa shape index (κ1) is 15.4. The molecule has 1 spiro atoms. The second-order valence-electron chi connectivity index (χ2n) is 7.04. The zero-order valence-electron chi connectivity index (χ0n) is 14.1. The summed E-state index contributed by atoms with van der Waals surface area (Å²) in [5.74, 6) is 1.05. The van der Waals surface area contributed by atoms with E-state index in [1.165, 1.54) is 0 Å². The maximum Gasteiger partial charge on any atom is 0.132 e. The summed E-state index contributed by atoms with van der Waals surface area (Å²) in [7, 11) is 0. The Morgan fingerprint density at radius 2 is 2.08 bits per heavy atom. The van der Waals surface area contributed by atoms with E-state index in [1.807, 2.05) is 13.1 Å². The number of ether oxygens (including phenoxy) is 1. The minimum absolute atomic E-state index is 0.273. The van der Waals surface area contributed by atoms with Crippen LogP contribution in [0.5, 0.6) is 0 Å². The Balaban J connectivity index is 1.35. The van der Waals surface area contributed by atoms with Gasteiger partial charge in [-0.25, -0.2) is 9.97 Å². The Hall–Kier alpha value is -2.08. The lowest BCUT2D eigenvalue weighted by atomic mass is 9.76. The lowest BCUT2D eigenvalue weighted by molar-refractivity contribution is 0.0881. The third kappa shape index (κ3) is 3.24. The van der Waals surface area contributed by atoms with Gasteiger partial charge in [0.15, 0.2) is 0 Å². The molecule has 24 heavy (non-hydrogen) atoms. The number of hydrogen-bond acceptors (Lipinski definition) is 6. The average molecular weight is 325 g/mol. The summed E-state index contributed by atoms with van der Waals surface area (Å²) in [5.41, 5.74) is 2.37. The Labute approximate surface area is 142 Å². The van der Waals surface area contributed by atoms with Crippen LogP contribution in [-0.4, -0.2) is 45.7 Å². The van der Waals surface area contributed by atoms with E-state index in [-0.39, 0.29) is 6.10 Å². The topological polar surface area (TPSA) is 64.0 Å². The van der Waals surface area contributed by atoms with E-state index < -0.39 is 0 Å². The molecule has 0 unspecified atom stereocenters. The van der Waals surface area contributed by atoms with Crippen molar-refractivity contribution in [2.24, 2.45) is 5.41 Å². The highest BCUT2D eigenvalue weighted by Gasteiger charge is 2.42. The van der Waals surface area contributed by atoms with E-state index in [1.54, 1.807) is 18.7 Å². The molecule has 2 aromatic heterocycles. The molecule has 0 N–H and O–H groups in total. The van der Waals surface area contributed by atoms with Gasteiger partial charge in [0, 0.05) is 49.9 Å². The van der Waals surface area contributed by atoms with E-state index in [2.05, 4.69) is 30.9 Å². The maximum atomic E-state index is 6.10. The van der Waals surface area contributed by atoms with Crippen LogP contribution in [0.15, 0.2) is 31.0 Å². The van der Waals surface area contributed by atoms with Crippen molar-refractivity contribution in [2.45, 2.75) is 38.7 Å². The predicted molar refractivity (Wildman–Crippen MR) is 90.7 cm³/mol. The van der Waals surface area contributed by atoms with Crippen molar-refractivity contribution < 1.29 is 4.74 Å². The van der Waals surface area contributed by atoms with Crippen LogP contribution in [-0.2, 0) is 11.2 Å². The number of aryl methyl sites for hydroxylation is 1. The Morgan fingerprint density at radius 1 is 1.21 bits per heavy atom. The van der Waals surface area contributed by atoms with Crippen LogP contribution in [0, 0.1) is 12.3 Å². The average Bonchev–Trinajstić information content (AvgIpc) is 2.99. The maximum absolute atomic E-state index is 6.10. The third-order valence-electron chi connectivity index (χ3n) is 5.28. The summed E-state index contributed by atoms with van der Waals surface area (Å²) in [6, 6.07) is 2.07. The summed E-state index contributed by atoms with van der Waals surface area (Å²) in [4.78, 5) is 19.5. The molecule has 0 radical (unpaired) electrons. The van der Waals surface area contributed by atoms with E-state index in [9.17, 15) is 0 Å². The van der Waals surface area contributed by atoms with Crippen molar-refractivity contribution in [2.75, 3.05) is 24.6 Å². The van der Waals surface area contributed by atoms with Gasteiger partial charge in [-0.05, 0) is 31.6 Å².